The van der Waals surface area contributed by atoms with E-state index in [-0.39, 0.29) is 5.82 Å². The number of rotatable bonds is 5. The lowest BCUT2D eigenvalue weighted by atomic mass is 10.1. The molecule has 0 bridgehead atoms. The molecule has 4 heteroatoms. The normalized spacial score (nSPS) is 10.6. The fourth-order valence-corrected chi connectivity index (χ4v) is 2.26. The molecule has 1 aromatic heterocycles. The Kier molecular flexibility index (Phi) is 4.69. The number of nitrogens with zero attached hydrogens (tertiary/aromatic N) is 2. The van der Waals surface area contributed by atoms with Crippen LogP contribution in [0.4, 0.5) is 15.8 Å². The van der Waals surface area contributed by atoms with Gasteiger partial charge in [-0.15, -0.1) is 0 Å². The van der Waals surface area contributed by atoms with Gasteiger partial charge in [-0.25, -0.2) is 4.39 Å². The van der Waals surface area contributed by atoms with Crippen LogP contribution in [0.3, 0.4) is 0 Å². The van der Waals surface area contributed by atoms with Crippen LogP contribution in [0.25, 0.3) is 0 Å². The fourth-order valence-electron chi connectivity index (χ4n) is 2.26. The average molecular weight is 273 g/mol. The predicted octanol–water partition coefficient (Wildman–Crippen LogP) is 3.41. The molecule has 0 saturated heterocycles. The van der Waals surface area contributed by atoms with E-state index < -0.39 is 0 Å². The Bertz CT molecular complexity index is 566. The quantitative estimate of drug-likeness (QED) is 0.905. The summed E-state index contributed by atoms with van der Waals surface area (Å²) in [4.78, 5) is 6.52. The van der Waals surface area contributed by atoms with E-state index in [0.717, 1.165) is 35.7 Å². The van der Waals surface area contributed by atoms with Crippen LogP contribution in [0.15, 0.2) is 36.5 Å². The Labute approximate surface area is 119 Å². The minimum atomic E-state index is -0.217. The third-order valence-electron chi connectivity index (χ3n) is 3.21. The van der Waals surface area contributed by atoms with Crippen LogP contribution in [0.1, 0.15) is 18.2 Å². The number of anilines is 2. The highest BCUT2D eigenvalue weighted by Gasteiger charge is 2.12. The minimum absolute atomic E-state index is 0.217. The van der Waals surface area contributed by atoms with Gasteiger partial charge in [0.05, 0.1) is 0 Å². The van der Waals surface area contributed by atoms with Crippen molar-refractivity contribution in [2.75, 3.05) is 18.5 Å². The van der Waals surface area contributed by atoms with Gasteiger partial charge in [0.2, 0.25) is 0 Å². The van der Waals surface area contributed by atoms with E-state index in [1.807, 2.05) is 20.2 Å². The maximum absolute atomic E-state index is 13.1. The average Bonchev–Trinajstić information content (AvgIpc) is 2.45. The van der Waals surface area contributed by atoms with Crippen molar-refractivity contribution in [1.29, 1.82) is 0 Å². The van der Waals surface area contributed by atoms with Crippen LogP contribution in [0, 0.1) is 12.7 Å². The molecule has 2 aromatic rings. The Hall–Kier alpha value is -1.94. The van der Waals surface area contributed by atoms with Gasteiger partial charge in [0.15, 0.2) is 0 Å². The lowest BCUT2D eigenvalue weighted by Crippen LogP contribution is -2.20. The number of aryl methyl sites for hydroxylation is 1. The van der Waals surface area contributed by atoms with Crippen LogP contribution in [0.5, 0.6) is 0 Å². The molecule has 0 aliphatic heterocycles. The summed E-state index contributed by atoms with van der Waals surface area (Å²) in [6.45, 7) is 5.62. The topological polar surface area (TPSA) is 28.2 Å². The number of hydrogen-bond acceptors (Lipinski definition) is 3. The molecule has 0 atom stereocenters. The maximum atomic E-state index is 13.1. The van der Waals surface area contributed by atoms with E-state index in [9.17, 15) is 4.39 Å². The fraction of sp³-hybridized carbons (Fsp3) is 0.312. The van der Waals surface area contributed by atoms with Gasteiger partial charge < -0.3 is 10.2 Å². The lowest BCUT2D eigenvalue weighted by molar-refractivity contribution is 0.628. The van der Waals surface area contributed by atoms with E-state index in [0.29, 0.717) is 0 Å². The number of halogens is 1. The van der Waals surface area contributed by atoms with Gasteiger partial charge in [-0.1, -0.05) is 0 Å². The summed E-state index contributed by atoms with van der Waals surface area (Å²) in [6, 6.07) is 8.66. The Morgan fingerprint density at radius 2 is 1.95 bits per heavy atom. The number of pyridine rings is 1. The molecule has 0 aliphatic rings. The summed E-state index contributed by atoms with van der Waals surface area (Å²) in [5.41, 5.74) is 4.20. The van der Waals surface area contributed by atoms with Crippen molar-refractivity contribution in [2.45, 2.75) is 20.4 Å². The van der Waals surface area contributed by atoms with Gasteiger partial charge in [-0.2, -0.15) is 0 Å². The van der Waals surface area contributed by atoms with Crippen molar-refractivity contribution in [3.05, 3.63) is 53.6 Å². The Morgan fingerprint density at radius 3 is 2.55 bits per heavy atom. The zero-order valence-corrected chi connectivity index (χ0v) is 12.2. The highest BCUT2D eigenvalue weighted by atomic mass is 19.1. The number of nitrogens with one attached hydrogen (secondary N) is 1. The molecule has 106 valence electrons. The molecule has 0 spiro atoms. The van der Waals surface area contributed by atoms with Crippen molar-refractivity contribution in [3.8, 4) is 0 Å². The van der Waals surface area contributed by atoms with Gasteiger partial charge in [-0.05, 0) is 51.2 Å². The summed E-state index contributed by atoms with van der Waals surface area (Å²) in [7, 11) is 1.91. The van der Waals surface area contributed by atoms with Gasteiger partial charge >= 0.3 is 0 Å². The SMILES string of the molecule is CCN(c1ccc(F)cc1)c1cc(C)ncc1CNC. The van der Waals surface area contributed by atoms with Crippen LogP contribution in [0.2, 0.25) is 0 Å². The Morgan fingerprint density at radius 1 is 1.25 bits per heavy atom. The molecule has 0 saturated carbocycles. The largest absolute Gasteiger partial charge is 0.341 e. The van der Waals surface area contributed by atoms with Crippen LogP contribution >= 0.6 is 0 Å². The first-order valence-corrected chi connectivity index (χ1v) is 6.79. The first kappa shape index (κ1) is 14.5. The monoisotopic (exact) mass is 273 g/mol. The molecule has 1 N–H and O–H groups in total. The number of hydrogen-bond donors (Lipinski definition) is 1. The molecule has 0 amide bonds. The summed E-state index contributed by atoms with van der Waals surface area (Å²) >= 11 is 0. The zero-order chi connectivity index (χ0) is 14.5. The van der Waals surface area contributed by atoms with Crippen molar-refractivity contribution < 1.29 is 4.39 Å². The molecule has 0 aliphatic carbocycles. The zero-order valence-electron chi connectivity index (χ0n) is 12.2. The highest BCUT2D eigenvalue weighted by Crippen LogP contribution is 2.28. The maximum Gasteiger partial charge on any atom is 0.123 e. The van der Waals surface area contributed by atoms with Gasteiger partial charge in [0.1, 0.15) is 5.82 Å². The summed E-state index contributed by atoms with van der Waals surface area (Å²) < 4.78 is 13.1. The molecule has 1 aromatic carbocycles. The molecule has 2 rings (SSSR count). The van der Waals surface area contributed by atoms with Crippen LogP contribution in [-0.4, -0.2) is 18.6 Å². The summed E-state index contributed by atoms with van der Waals surface area (Å²) in [5, 5.41) is 3.16. The second-order valence-electron chi connectivity index (χ2n) is 4.71. The lowest BCUT2D eigenvalue weighted by Gasteiger charge is -2.26. The van der Waals surface area contributed by atoms with Crippen molar-refractivity contribution in [1.82, 2.24) is 10.3 Å². The first-order valence-electron chi connectivity index (χ1n) is 6.79. The van der Waals surface area contributed by atoms with Crippen molar-refractivity contribution in [2.24, 2.45) is 0 Å². The van der Waals surface area contributed by atoms with E-state index >= 15 is 0 Å². The van der Waals surface area contributed by atoms with Gasteiger partial charge in [0, 0.05) is 41.9 Å². The third kappa shape index (κ3) is 3.14. The van der Waals surface area contributed by atoms with E-state index in [1.54, 1.807) is 12.1 Å². The summed E-state index contributed by atoms with van der Waals surface area (Å²) in [5.74, 6) is -0.217. The molecular formula is C16H20FN3. The van der Waals surface area contributed by atoms with Gasteiger partial charge in [0.25, 0.3) is 0 Å². The predicted molar refractivity (Wildman–Crippen MR) is 80.8 cm³/mol. The second kappa shape index (κ2) is 6.48. The van der Waals surface area contributed by atoms with Crippen LogP contribution < -0.4 is 10.2 Å². The highest BCUT2D eigenvalue weighted by molar-refractivity contribution is 5.66. The first-order chi connectivity index (χ1) is 9.65. The molecule has 0 unspecified atom stereocenters. The second-order valence-corrected chi connectivity index (χ2v) is 4.71. The van der Waals surface area contributed by atoms with Gasteiger partial charge in [-0.3, -0.25) is 4.98 Å². The summed E-state index contributed by atoms with van der Waals surface area (Å²) in [6.07, 6.45) is 1.90. The molecule has 0 radical (unpaired) electrons. The number of benzene rings is 1. The van der Waals surface area contributed by atoms with E-state index in [1.165, 1.54) is 12.1 Å². The third-order valence-corrected chi connectivity index (χ3v) is 3.21. The molecule has 0 fully saturated rings. The van der Waals surface area contributed by atoms with E-state index in [2.05, 4.69) is 28.2 Å². The van der Waals surface area contributed by atoms with Crippen molar-refractivity contribution in [3.63, 3.8) is 0 Å². The molecule has 3 nitrogen and oxygen atoms in total. The Balaban J connectivity index is 2.45. The van der Waals surface area contributed by atoms with E-state index in [4.69, 9.17) is 0 Å². The molecule has 20 heavy (non-hydrogen) atoms. The van der Waals surface area contributed by atoms with Crippen LogP contribution in [-0.2, 0) is 6.54 Å². The van der Waals surface area contributed by atoms with Crippen molar-refractivity contribution >= 4 is 11.4 Å². The minimum Gasteiger partial charge on any atom is -0.341 e. The molecule has 1 heterocycles. The standard InChI is InChI=1S/C16H20FN3/c1-4-20(15-7-5-14(17)6-8-15)16-9-12(2)19-11-13(16)10-18-3/h5-9,11,18H,4,10H2,1-3H3. The smallest absolute Gasteiger partial charge is 0.123 e. The number of aromatic nitrogens is 1. The molecular weight excluding hydrogens is 253 g/mol.